The molecule has 1 aromatic heterocycles. The van der Waals surface area contributed by atoms with Crippen molar-refractivity contribution in [3.05, 3.63) is 18.6 Å². The molecule has 1 heterocycles. The number of anilines is 1. The second kappa shape index (κ2) is 5.29. The molecule has 0 amide bonds. The molecule has 1 atom stereocenters. The Morgan fingerprint density at radius 3 is 2.87 bits per heavy atom. The van der Waals surface area contributed by atoms with Crippen LogP contribution < -0.4 is 10.6 Å². The second-order valence-corrected chi connectivity index (χ2v) is 3.46. The van der Waals surface area contributed by atoms with Crippen LogP contribution in [0.1, 0.15) is 13.8 Å². The SMILES string of the molecule is CCN(CC(C)C(=N)N)c1ccncn1. The van der Waals surface area contributed by atoms with Crippen molar-refractivity contribution in [3.8, 4) is 0 Å². The molecule has 0 aliphatic rings. The number of aromatic nitrogens is 2. The quantitative estimate of drug-likeness (QED) is 0.555. The van der Waals surface area contributed by atoms with Crippen LogP contribution >= 0.6 is 0 Å². The minimum absolute atomic E-state index is 0.0416. The van der Waals surface area contributed by atoms with Gasteiger partial charge in [-0.1, -0.05) is 6.92 Å². The largest absolute Gasteiger partial charge is 0.387 e. The Morgan fingerprint density at radius 2 is 2.40 bits per heavy atom. The van der Waals surface area contributed by atoms with Gasteiger partial charge in [0.2, 0.25) is 0 Å². The predicted octanol–water partition coefficient (Wildman–Crippen LogP) is 0.875. The molecule has 1 rings (SSSR count). The van der Waals surface area contributed by atoms with Crippen molar-refractivity contribution in [2.45, 2.75) is 13.8 Å². The molecule has 5 nitrogen and oxygen atoms in total. The molecule has 15 heavy (non-hydrogen) atoms. The number of nitrogens with two attached hydrogens (primary N) is 1. The number of hydrogen-bond acceptors (Lipinski definition) is 4. The van der Waals surface area contributed by atoms with Crippen molar-refractivity contribution in [3.63, 3.8) is 0 Å². The molecule has 0 radical (unpaired) electrons. The van der Waals surface area contributed by atoms with E-state index in [1.807, 2.05) is 13.0 Å². The van der Waals surface area contributed by atoms with Crippen LogP contribution in [0.15, 0.2) is 18.6 Å². The summed E-state index contributed by atoms with van der Waals surface area (Å²) < 4.78 is 0. The molecule has 1 unspecified atom stereocenters. The minimum Gasteiger partial charge on any atom is -0.387 e. The molecule has 0 bridgehead atoms. The highest BCUT2D eigenvalue weighted by Gasteiger charge is 2.12. The Balaban J connectivity index is 2.69. The lowest BCUT2D eigenvalue weighted by Crippen LogP contribution is -2.34. The van der Waals surface area contributed by atoms with Crippen LogP contribution in [0, 0.1) is 11.3 Å². The van der Waals surface area contributed by atoms with Crippen LogP contribution in [0.3, 0.4) is 0 Å². The minimum atomic E-state index is 0.0416. The van der Waals surface area contributed by atoms with Gasteiger partial charge in [-0.3, -0.25) is 5.41 Å². The summed E-state index contributed by atoms with van der Waals surface area (Å²) in [5, 5.41) is 7.35. The summed E-state index contributed by atoms with van der Waals surface area (Å²) in [5.74, 6) is 1.13. The zero-order valence-electron chi connectivity index (χ0n) is 9.14. The van der Waals surface area contributed by atoms with Crippen LogP contribution in [-0.2, 0) is 0 Å². The maximum atomic E-state index is 7.35. The van der Waals surface area contributed by atoms with Crippen LogP contribution in [0.25, 0.3) is 0 Å². The molecule has 0 aliphatic heterocycles. The van der Waals surface area contributed by atoms with Crippen LogP contribution in [-0.4, -0.2) is 28.9 Å². The van der Waals surface area contributed by atoms with Gasteiger partial charge in [0, 0.05) is 25.2 Å². The lowest BCUT2D eigenvalue weighted by molar-refractivity contribution is 0.689. The molecule has 5 heteroatoms. The van der Waals surface area contributed by atoms with Crippen molar-refractivity contribution in [2.24, 2.45) is 11.7 Å². The first-order chi connectivity index (χ1) is 7.15. The van der Waals surface area contributed by atoms with Gasteiger partial charge < -0.3 is 10.6 Å². The van der Waals surface area contributed by atoms with E-state index in [2.05, 4.69) is 21.8 Å². The Hall–Kier alpha value is -1.65. The summed E-state index contributed by atoms with van der Waals surface area (Å²) in [6, 6.07) is 1.86. The van der Waals surface area contributed by atoms with E-state index in [0.717, 1.165) is 12.4 Å². The van der Waals surface area contributed by atoms with Gasteiger partial charge >= 0.3 is 0 Å². The van der Waals surface area contributed by atoms with Crippen LogP contribution in [0.4, 0.5) is 5.82 Å². The van der Waals surface area contributed by atoms with E-state index in [9.17, 15) is 0 Å². The number of rotatable bonds is 5. The number of amidine groups is 1. The fourth-order valence-electron chi connectivity index (χ4n) is 1.28. The summed E-state index contributed by atoms with van der Waals surface area (Å²) in [7, 11) is 0. The van der Waals surface area contributed by atoms with Gasteiger partial charge in [-0.25, -0.2) is 9.97 Å². The van der Waals surface area contributed by atoms with Gasteiger partial charge in [0.15, 0.2) is 0 Å². The molecular formula is C10H17N5. The molecule has 0 spiro atoms. The van der Waals surface area contributed by atoms with E-state index in [-0.39, 0.29) is 11.8 Å². The van der Waals surface area contributed by atoms with Gasteiger partial charge in [0.25, 0.3) is 0 Å². The standard InChI is InChI=1S/C10H17N5/c1-3-15(6-8(2)10(11)12)9-4-5-13-7-14-9/h4-5,7-8H,3,6H2,1-2H3,(H3,11,12). The van der Waals surface area contributed by atoms with E-state index >= 15 is 0 Å². The van der Waals surface area contributed by atoms with Crippen molar-refractivity contribution < 1.29 is 0 Å². The Kier molecular flexibility index (Phi) is 4.03. The second-order valence-electron chi connectivity index (χ2n) is 3.46. The van der Waals surface area contributed by atoms with Gasteiger partial charge in [0.1, 0.15) is 12.1 Å². The first-order valence-corrected chi connectivity index (χ1v) is 5.00. The van der Waals surface area contributed by atoms with Crippen molar-refractivity contribution in [1.29, 1.82) is 5.41 Å². The first kappa shape index (κ1) is 11.4. The Labute approximate surface area is 89.8 Å². The maximum Gasteiger partial charge on any atom is 0.131 e. The molecule has 0 fully saturated rings. The van der Waals surface area contributed by atoms with Gasteiger partial charge in [-0.05, 0) is 13.0 Å². The van der Waals surface area contributed by atoms with Crippen LogP contribution in [0.2, 0.25) is 0 Å². The number of nitrogens with zero attached hydrogens (tertiary/aromatic N) is 3. The third-order valence-corrected chi connectivity index (χ3v) is 2.30. The fraction of sp³-hybridized carbons (Fsp3) is 0.500. The maximum absolute atomic E-state index is 7.35. The molecule has 0 saturated heterocycles. The molecule has 3 N–H and O–H groups in total. The van der Waals surface area contributed by atoms with E-state index in [1.54, 1.807) is 6.20 Å². The third-order valence-electron chi connectivity index (χ3n) is 2.30. The number of hydrogen-bond donors (Lipinski definition) is 2. The topological polar surface area (TPSA) is 78.9 Å². The number of nitrogens with one attached hydrogen (secondary N) is 1. The Bertz CT molecular complexity index is 311. The van der Waals surface area contributed by atoms with Crippen molar-refractivity contribution in [1.82, 2.24) is 9.97 Å². The Morgan fingerprint density at radius 1 is 1.67 bits per heavy atom. The highest BCUT2D eigenvalue weighted by Crippen LogP contribution is 2.10. The molecule has 0 aromatic carbocycles. The zero-order chi connectivity index (χ0) is 11.3. The summed E-state index contributed by atoms with van der Waals surface area (Å²) >= 11 is 0. The molecule has 82 valence electrons. The fourth-order valence-corrected chi connectivity index (χ4v) is 1.28. The summed E-state index contributed by atoms with van der Waals surface area (Å²) in [6.07, 6.45) is 3.24. The average Bonchev–Trinajstić information content (AvgIpc) is 2.26. The monoisotopic (exact) mass is 207 g/mol. The lowest BCUT2D eigenvalue weighted by atomic mass is 10.1. The van der Waals surface area contributed by atoms with Gasteiger partial charge in [0.05, 0.1) is 5.84 Å². The van der Waals surface area contributed by atoms with Gasteiger partial charge in [-0.15, -0.1) is 0 Å². The first-order valence-electron chi connectivity index (χ1n) is 5.00. The average molecular weight is 207 g/mol. The normalized spacial score (nSPS) is 12.1. The summed E-state index contributed by atoms with van der Waals surface area (Å²) in [5.41, 5.74) is 5.44. The molecular weight excluding hydrogens is 190 g/mol. The predicted molar refractivity (Wildman–Crippen MR) is 61.0 cm³/mol. The smallest absolute Gasteiger partial charge is 0.131 e. The van der Waals surface area contributed by atoms with E-state index in [0.29, 0.717) is 6.54 Å². The van der Waals surface area contributed by atoms with Gasteiger partial charge in [-0.2, -0.15) is 0 Å². The van der Waals surface area contributed by atoms with E-state index in [1.165, 1.54) is 6.33 Å². The third kappa shape index (κ3) is 3.19. The van der Waals surface area contributed by atoms with E-state index in [4.69, 9.17) is 11.1 Å². The van der Waals surface area contributed by atoms with Crippen LogP contribution in [0.5, 0.6) is 0 Å². The summed E-state index contributed by atoms with van der Waals surface area (Å²) in [4.78, 5) is 10.1. The van der Waals surface area contributed by atoms with Crippen molar-refractivity contribution in [2.75, 3.05) is 18.0 Å². The highest BCUT2D eigenvalue weighted by molar-refractivity contribution is 5.79. The highest BCUT2D eigenvalue weighted by atomic mass is 15.2. The molecule has 0 aliphatic carbocycles. The molecule has 1 aromatic rings. The zero-order valence-corrected chi connectivity index (χ0v) is 9.14. The molecule has 0 saturated carbocycles. The van der Waals surface area contributed by atoms with E-state index < -0.39 is 0 Å². The summed E-state index contributed by atoms with van der Waals surface area (Å²) in [6.45, 7) is 5.54. The lowest BCUT2D eigenvalue weighted by Gasteiger charge is -2.24. The van der Waals surface area contributed by atoms with Crippen molar-refractivity contribution >= 4 is 11.7 Å².